The Morgan fingerprint density at radius 1 is 1.33 bits per heavy atom. The summed E-state index contributed by atoms with van der Waals surface area (Å²) in [4.78, 5) is 16.6. The van der Waals surface area contributed by atoms with Gasteiger partial charge >= 0.3 is 0 Å². The smallest absolute Gasteiger partial charge is 0.237 e. The molecule has 4 nitrogen and oxygen atoms in total. The molecule has 116 valence electrons. The maximum atomic E-state index is 12.0. The van der Waals surface area contributed by atoms with Crippen LogP contribution >= 0.6 is 11.6 Å². The van der Waals surface area contributed by atoms with Crippen molar-refractivity contribution in [2.75, 3.05) is 37.6 Å². The number of anilines is 1. The Bertz CT molecular complexity index is 472. The molecule has 5 heteroatoms. The number of carbonyl (C=O) groups is 1. The van der Waals surface area contributed by atoms with Gasteiger partial charge in [0.2, 0.25) is 5.91 Å². The van der Waals surface area contributed by atoms with Crippen LogP contribution in [0.25, 0.3) is 0 Å². The zero-order valence-corrected chi connectivity index (χ0v) is 13.6. The number of halogens is 1. The average molecular weight is 310 g/mol. The molecule has 1 aliphatic rings. The lowest BCUT2D eigenvalue weighted by Gasteiger charge is -2.38. The zero-order chi connectivity index (χ0) is 15.2. The normalized spacial score (nSPS) is 17.6. The van der Waals surface area contributed by atoms with Gasteiger partial charge in [-0.05, 0) is 31.5 Å². The maximum absolute atomic E-state index is 12.0. The molecule has 1 aliphatic heterocycles. The van der Waals surface area contributed by atoms with Crippen LogP contribution in [0.15, 0.2) is 24.3 Å². The Hall–Kier alpha value is -1.26. The van der Waals surface area contributed by atoms with Crippen LogP contribution in [0.5, 0.6) is 0 Å². The van der Waals surface area contributed by atoms with Crippen LogP contribution in [0.3, 0.4) is 0 Å². The van der Waals surface area contributed by atoms with E-state index in [-0.39, 0.29) is 11.9 Å². The molecular formula is C16H24ClN3O. The molecule has 2 rings (SSSR count). The molecule has 0 aliphatic carbocycles. The van der Waals surface area contributed by atoms with E-state index >= 15 is 0 Å². The van der Waals surface area contributed by atoms with E-state index in [4.69, 9.17) is 11.6 Å². The molecule has 0 unspecified atom stereocenters. The molecule has 0 spiro atoms. The van der Waals surface area contributed by atoms with Crippen molar-refractivity contribution >= 4 is 23.2 Å². The highest BCUT2D eigenvalue weighted by atomic mass is 35.5. The van der Waals surface area contributed by atoms with E-state index in [9.17, 15) is 4.79 Å². The van der Waals surface area contributed by atoms with Crippen molar-refractivity contribution in [3.05, 3.63) is 29.3 Å². The van der Waals surface area contributed by atoms with Gasteiger partial charge in [0, 0.05) is 43.4 Å². The van der Waals surface area contributed by atoms with Crippen LogP contribution in [-0.4, -0.2) is 49.6 Å². The number of amides is 1. The van der Waals surface area contributed by atoms with Crippen molar-refractivity contribution in [3.8, 4) is 0 Å². The summed E-state index contributed by atoms with van der Waals surface area (Å²) in [5, 5.41) is 3.73. The number of rotatable bonds is 5. The fourth-order valence-corrected chi connectivity index (χ4v) is 2.79. The van der Waals surface area contributed by atoms with Gasteiger partial charge in [-0.25, -0.2) is 0 Å². The van der Waals surface area contributed by atoms with E-state index in [0.29, 0.717) is 0 Å². The highest BCUT2D eigenvalue weighted by Gasteiger charge is 2.25. The van der Waals surface area contributed by atoms with Gasteiger partial charge in [0.05, 0.1) is 6.04 Å². The van der Waals surface area contributed by atoms with Gasteiger partial charge in [0.1, 0.15) is 0 Å². The summed E-state index contributed by atoms with van der Waals surface area (Å²) in [5.41, 5.74) is 1.16. The minimum atomic E-state index is -0.0574. The van der Waals surface area contributed by atoms with Gasteiger partial charge < -0.3 is 10.2 Å². The summed E-state index contributed by atoms with van der Waals surface area (Å²) < 4.78 is 0. The molecule has 0 radical (unpaired) electrons. The van der Waals surface area contributed by atoms with Gasteiger partial charge in [-0.2, -0.15) is 0 Å². The Balaban J connectivity index is 1.86. The maximum Gasteiger partial charge on any atom is 0.237 e. The van der Waals surface area contributed by atoms with Crippen molar-refractivity contribution in [2.45, 2.75) is 26.3 Å². The standard InChI is InChI=1S/C16H24ClN3O/c1-3-7-18-16(21)13(2)19-8-10-20(11-9-19)15-6-4-5-14(17)12-15/h4-6,12-13H,3,7-11H2,1-2H3,(H,18,21)/t13-/m1/s1. The quantitative estimate of drug-likeness (QED) is 0.907. The topological polar surface area (TPSA) is 35.6 Å². The minimum Gasteiger partial charge on any atom is -0.369 e. The van der Waals surface area contributed by atoms with E-state index in [1.165, 1.54) is 0 Å². The number of carbonyl (C=O) groups excluding carboxylic acids is 1. The van der Waals surface area contributed by atoms with Crippen LogP contribution in [0.4, 0.5) is 5.69 Å². The second-order valence-electron chi connectivity index (χ2n) is 5.47. The summed E-state index contributed by atoms with van der Waals surface area (Å²) in [6, 6.07) is 7.89. The first-order chi connectivity index (χ1) is 10.1. The summed E-state index contributed by atoms with van der Waals surface area (Å²) in [6.07, 6.45) is 0.973. The number of nitrogens with one attached hydrogen (secondary N) is 1. The van der Waals surface area contributed by atoms with Crippen molar-refractivity contribution < 1.29 is 4.79 Å². The number of hydrogen-bond donors (Lipinski definition) is 1. The van der Waals surface area contributed by atoms with Crippen LogP contribution in [0, 0.1) is 0 Å². The summed E-state index contributed by atoms with van der Waals surface area (Å²) in [5.74, 6) is 0.132. The molecular weight excluding hydrogens is 286 g/mol. The SMILES string of the molecule is CCCNC(=O)[C@@H](C)N1CCN(c2cccc(Cl)c2)CC1. The van der Waals surface area contributed by atoms with Crippen LogP contribution in [-0.2, 0) is 4.79 Å². The second kappa shape index (κ2) is 7.66. The molecule has 21 heavy (non-hydrogen) atoms. The monoisotopic (exact) mass is 309 g/mol. The average Bonchev–Trinajstić information content (AvgIpc) is 2.52. The largest absolute Gasteiger partial charge is 0.369 e. The third kappa shape index (κ3) is 4.35. The lowest BCUT2D eigenvalue weighted by atomic mass is 10.2. The molecule has 1 heterocycles. The number of piperazine rings is 1. The summed E-state index contributed by atoms with van der Waals surface area (Å²) in [7, 11) is 0. The van der Waals surface area contributed by atoms with E-state index < -0.39 is 0 Å². The lowest BCUT2D eigenvalue weighted by Crippen LogP contribution is -2.54. The first-order valence-electron chi connectivity index (χ1n) is 7.64. The Morgan fingerprint density at radius 3 is 2.67 bits per heavy atom. The third-order valence-electron chi connectivity index (χ3n) is 3.96. The predicted molar refractivity (Wildman–Crippen MR) is 88.0 cm³/mol. The van der Waals surface area contributed by atoms with E-state index in [0.717, 1.165) is 49.9 Å². The van der Waals surface area contributed by atoms with Gasteiger partial charge in [0.15, 0.2) is 0 Å². The molecule has 1 N–H and O–H groups in total. The molecule has 0 aromatic heterocycles. The highest BCUT2D eigenvalue weighted by Crippen LogP contribution is 2.21. The van der Waals surface area contributed by atoms with Crippen molar-refractivity contribution in [3.63, 3.8) is 0 Å². The van der Waals surface area contributed by atoms with E-state index in [1.807, 2.05) is 25.1 Å². The molecule has 1 saturated heterocycles. The van der Waals surface area contributed by atoms with Crippen molar-refractivity contribution in [1.82, 2.24) is 10.2 Å². The van der Waals surface area contributed by atoms with Crippen LogP contribution in [0.2, 0.25) is 5.02 Å². The first-order valence-corrected chi connectivity index (χ1v) is 8.02. The van der Waals surface area contributed by atoms with E-state index in [2.05, 4.69) is 28.1 Å². The van der Waals surface area contributed by atoms with E-state index in [1.54, 1.807) is 0 Å². The number of benzene rings is 1. The van der Waals surface area contributed by atoms with Gasteiger partial charge in [0.25, 0.3) is 0 Å². The Morgan fingerprint density at radius 2 is 2.05 bits per heavy atom. The third-order valence-corrected chi connectivity index (χ3v) is 4.20. The van der Waals surface area contributed by atoms with Gasteiger partial charge in [-0.15, -0.1) is 0 Å². The number of nitrogens with zero attached hydrogens (tertiary/aromatic N) is 2. The minimum absolute atomic E-state index is 0.0574. The van der Waals surface area contributed by atoms with Crippen LogP contribution < -0.4 is 10.2 Å². The first kappa shape index (κ1) is 16.1. The molecule has 1 aromatic carbocycles. The molecule has 1 amide bonds. The summed E-state index contributed by atoms with van der Waals surface area (Å²) in [6.45, 7) is 8.44. The zero-order valence-electron chi connectivity index (χ0n) is 12.8. The molecule has 0 saturated carbocycles. The van der Waals surface area contributed by atoms with Crippen LogP contribution in [0.1, 0.15) is 20.3 Å². The fourth-order valence-electron chi connectivity index (χ4n) is 2.60. The lowest BCUT2D eigenvalue weighted by molar-refractivity contribution is -0.126. The molecule has 0 bridgehead atoms. The van der Waals surface area contributed by atoms with Crippen molar-refractivity contribution in [1.29, 1.82) is 0 Å². The van der Waals surface area contributed by atoms with Gasteiger partial charge in [-0.1, -0.05) is 24.6 Å². The Kier molecular flexibility index (Phi) is 5.88. The van der Waals surface area contributed by atoms with Gasteiger partial charge in [-0.3, -0.25) is 9.69 Å². The Labute approximate surface area is 132 Å². The van der Waals surface area contributed by atoms with Crippen molar-refractivity contribution in [2.24, 2.45) is 0 Å². The number of hydrogen-bond acceptors (Lipinski definition) is 3. The molecule has 1 fully saturated rings. The fraction of sp³-hybridized carbons (Fsp3) is 0.562. The molecule has 1 aromatic rings. The summed E-state index contributed by atoms with van der Waals surface area (Å²) >= 11 is 6.04. The molecule has 1 atom stereocenters. The highest BCUT2D eigenvalue weighted by molar-refractivity contribution is 6.30. The predicted octanol–water partition coefficient (Wildman–Crippen LogP) is 2.38. The second-order valence-corrected chi connectivity index (χ2v) is 5.91.